The Morgan fingerprint density at radius 2 is 1.77 bits per heavy atom. The quantitative estimate of drug-likeness (QED) is 0.910. The lowest BCUT2D eigenvalue weighted by Gasteiger charge is -2.30. The molecule has 1 N–H and O–H groups in total. The van der Waals surface area contributed by atoms with Gasteiger partial charge in [0, 0.05) is 5.56 Å². The lowest BCUT2D eigenvalue weighted by molar-refractivity contribution is -0.904. The summed E-state index contributed by atoms with van der Waals surface area (Å²) in [6.07, 6.45) is 2.48. The van der Waals surface area contributed by atoms with Gasteiger partial charge in [-0.3, -0.25) is 9.69 Å². The number of fused-ring (bicyclic) bond motifs is 1. The maximum atomic E-state index is 13.2. The lowest BCUT2D eigenvalue weighted by atomic mass is 10.00. The fourth-order valence-corrected chi connectivity index (χ4v) is 3.89. The fraction of sp³-hybridized carbons (Fsp3) is 0.364. The predicted octanol–water partition coefficient (Wildman–Crippen LogP) is 2.73. The molecule has 1 saturated heterocycles. The van der Waals surface area contributed by atoms with E-state index in [1.54, 1.807) is 0 Å². The van der Waals surface area contributed by atoms with Crippen molar-refractivity contribution in [2.24, 2.45) is 10.9 Å². The van der Waals surface area contributed by atoms with E-state index in [-0.39, 0.29) is 5.91 Å². The first-order chi connectivity index (χ1) is 12.6. The molecule has 2 aromatic carbocycles. The number of carbonyl (C=O) groups excluding carboxylic acids is 1. The topological polar surface area (TPSA) is 37.1 Å². The van der Waals surface area contributed by atoms with Gasteiger partial charge in [-0.15, -0.1) is 0 Å². The Bertz CT molecular complexity index is 850. The van der Waals surface area contributed by atoms with E-state index in [2.05, 4.69) is 6.92 Å². The summed E-state index contributed by atoms with van der Waals surface area (Å²) in [5.74, 6) is 0.832. The molecule has 0 aliphatic carbocycles. The third kappa shape index (κ3) is 3.17. The Balaban J connectivity index is 1.66. The molecular weight excluding hydrogens is 322 g/mol. The number of para-hydroxylation sites is 2. The number of rotatable bonds is 3. The van der Waals surface area contributed by atoms with Gasteiger partial charge in [-0.2, -0.15) is 0 Å². The van der Waals surface area contributed by atoms with E-state index in [9.17, 15) is 4.79 Å². The summed E-state index contributed by atoms with van der Waals surface area (Å²) < 4.78 is 0. The van der Waals surface area contributed by atoms with Crippen molar-refractivity contribution in [2.75, 3.05) is 24.7 Å². The summed E-state index contributed by atoms with van der Waals surface area (Å²) in [5, 5.41) is 0. The summed E-state index contributed by atoms with van der Waals surface area (Å²) in [4.78, 5) is 21.4. The number of nitrogens with zero attached hydrogens (tertiary/aromatic N) is 2. The molecule has 4 nitrogen and oxygen atoms in total. The molecule has 0 spiro atoms. The standard InChI is InChI=1S/C22H25N3O/c1-16-11-13-24(14-12-16)15-25-20-10-6-4-8-18(20)21(22(25)26)23-19-9-5-3-7-17(19)2/h3-10,16H,11-15H2,1-2H3/p+1. The molecule has 26 heavy (non-hydrogen) atoms. The number of carbonyl (C=O) groups is 1. The Kier molecular flexibility index (Phi) is 4.60. The number of quaternary nitrogens is 1. The van der Waals surface area contributed by atoms with Gasteiger partial charge in [0.15, 0.2) is 6.67 Å². The summed E-state index contributed by atoms with van der Waals surface area (Å²) >= 11 is 0. The first-order valence-corrected chi connectivity index (χ1v) is 9.52. The molecule has 1 amide bonds. The van der Waals surface area contributed by atoms with Crippen molar-refractivity contribution in [3.05, 3.63) is 59.7 Å². The Morgan fingerprint density at radius 3 is 2.54 bits per heavy atom. The van der Waals surface area contributed by atoms with Crippen LogP contribution in [0.3, 0.4) is 0 Å². The molecule has 2 heterocycles. The van der Waals surface area contributed by atoms with E-state index in [4.69, 9.17) is 4.99 Å². The highest BCUT2D eigenvalue weighted by molar-refractivity contribution is 6.54. The Labute approximate surface area is 155 Å². The van der Waals surface area contributed by atoms with Crippen LogP contribution in [0.15, 0.2) is 53.5 Å². The van der Waals surface area contributed by atoms with Crippen molar-refractivity contribution >= 4 is 23.0 Å². The van der Waals surface area contributed by atoms with E-state index in [0.29, 0.717) is 5.71 Å². The maximum absolute atomic E-state index is 13.2. The number of aliphatic imine (C=N–C) groups is 1. The molecule has 2 aliphatic heterocycles. The van der Waals surface area contributed by atoms with Crippen molar-refractivity contribution in [3.63, 3.8) is 0 Å². The highest BCUT2D eigenvalue weighted by Crippen LogP contribution is 2.30. The van der Waals surface area contributed by atoms with Gasteiger partial charge >= 0.3 is 0 Å². The number of amides is 1. The van der Waals surface area contributed by atoms with Gasteiger partial charge < -0.3 is 4.90 Å². The Hall–Kier alpha value is -2.46. The average molecular weight is 348 g/mol. The summed E-state index contributed by atoms with van der Waals surface area (Å²) in [7, 11) is 0. The van der Waals surface area contributed by atoms with Gasteiger partial charge in [-0.05, 0) is 43.4 Å². The van der Waals surface area contributed by atoms with Gasteiger partial charge in [-0.1, -0.05) is 43.3 Å². The smallest absolute Gasteiger partial charge is 0.281 e. The van der Waals surface area contributed by atoms with E-state index in [0.717, 1.165) is 48.2 Å². The van der Waals surface area contributed by atoms with Gasteiger partial charge in [0.2, 0.25) is 0 Å². The first-order valence-electron chi connectivity index (χ1n) is 9.52. The van der Waals surface area contributed by atoms with Gasteiger partial charge in [0.05, 0.1) is 24.5 Å². The van der Waals surface area contributed by atoms with E-state index in [1.807, 2.05) is 60.4 Å². The maximum Gasteiger partial charge on any atom is 0.281 e. The first kappa shape index (κ1) is 17.0. The predicted molar refractivity (Wildman–Crippen MR) is 105 cm³/mol. The minimum atomic E-state index is 0.0283. The van der Waals surface area contributed by atoms with Crippen LogP contribution in [0.25, 0.3) is 0 Å². The van der Waals surface area contributed by atoms with Crippen molar-refractivity contribution in [1.82, 2.24) is 0 Å². The highest BCUT2D eigenvalue weighted by Gasteiger charge is 2.36. The van der Waals surface area contributed by atoms with Crippen LogP contribution in [0.5, 0.6) is 0 Å². The largest absolute Gasteiger partial charge is 0.317 e. The zero-order valence-electron chi connectivity index (χ0n) is 15.5. The molecule has 2 aromatic rings. The third-order valence-corrected chi connectivity index (χ3v) is 5.61. The molecule has 2 aliphatic rings. The summed E-state index contributed by atoms with van der Waals surface area (Å²) in [6.45, 7) is 7.35. The fourth-order valence-electron chi connectivity index (χ4n) is 3.89. The molecule has 0 saturated carbocycles. The average Bonchev–Trinajstić information content (AvgIpc) is 2.91. The second-order valence-electron chi connectivity index (χ2n) is 7.59. The van der Waals surface area contributed by atoms with Gasteiger partial charge in [0.1, 0.15) is 5.71 Å². The van der Waals surface area contributed by atoms with Crippen LogP contribution >= 0.6 is 0 Å². The zero-order chi connectivity index (χ0) is 18.1. The van der Waals surface area contributed by atoms with Gasteiger partial charge in [0.25, 0.3) is 5.91 Å². The SMILES string of the molecule is Cc1ccccc1N=C1C(=O)N(C[NH+]2CCC(C)CC2)c2ccccc21. The zero-order valence-corrected chi connectivity index (χ0v) is 15.5. The molecular formula is C22H26N3O+. The molecule has 0 aromatic heterocycles. The summed E-state index contributed by atoms with van der Waals surface area (Å²) in [6, 6.07) is 16.0. The van der Waals surface area contributed by atoms with Crippen LogP contribution in [-0.4, -0.2) is 31.4 Å². The van der Waals surface area contributed by atoms with Crippen molar-refractivity contribution in [3.8, 4) is 0 Å². The van der Waals surface area contributed by atoms with Crippen LogP contribution in [0.4, 0.5) is 11.4 Å². The second-order valence-corrected chi connectivity index (χ2v) is 7.59. The minimum absolute atomic E-state index is 0.0283. The molecule has 0 unspecified atom stereocenters. The van der Waals surface area contributed by atoms with Crippen LogP contribution in [0.1, 0.15) is 30.9 Å². The molecule has 1 fully saturated rings. The monoisotopic (exact) mass is 348 g/mol. The number of likely N-dealkylation sites (tertiary alicyclic amines) is 1. The van der Waals surface area contributed by atoms with Crippen molar-refractivity contribution in [1.29, 1.82) is 0 Å². The van der Waals surface area contributed by atoms with Crippen LogP contribution in [0.2, 0.25) is 0 Å². The molecule has 134 valence electrons. The normalized spacial score (nSPS) is 24.2. The van der Waals surface area contributed by atoms with Crippen LogP contribution in [-0.2, 0) is 4.79 Å². The molecule has 0 radical (unpaired) electrons. The molecule has 0 atom stereocenters. The molecule has 0 bridgehead atoms. The highest BCUT2D eigenvalue weighted by atomic mass is 16.2. The van der Waals surface area contributed by atoms with Crippen LogP contribution < -0.4 is 9.80 Å². The molecule has 4 heteroatoms. The lowest BCUT2D eigenvalue weighted by Crippen LogP contribution is -3.14. The van der Waals surface area contributed by atoms with Crippen molar-refractivity contribution in [2.45, 2.75) is 26.7 Å². The number of piperidine rings is 1. The number of aryl methyl sites for hydroxylation is 1. The minimum Gasteiger partial charge on any atom is -0.317 e. The van der Waals surface area contributed by atoms with Gasteiger partial charge in [-0.25, -0.2) is 4.99 Å². The number of benzene rings is 2. The number of nitrogens with one attached hydrogen (secondary N) is 1. The van der Waals surface area contributed by atoms with Crippen molar-refractivity contribution < 1.29 is 9.69 Å². The molecule has 4 rings (SSSR count). The van der Waals surface area contributed by atoms with E-state index >= 15 is 0 Å². The number of hydrogen-bond donors (Lipinski definition) is 1. The Morgan fingerprint density at radius 1 is 1.08 bits per heavy atom. The second kappa shape index (κ2) is 7.04. The number of hydrogen-bond acceptors (Lipinski definition) is 2. The number of anilines is 1. The third-order valence-electron chi connectivity index (χ3n) is 5.61. The van der Waals surface area contributed by atoms with Crippen LogP contribution in [0, 0.1) is 12.8 Å². The summed E-state index contributed by atoms with van der Waals surface area (Å²) in [5.41, 5.74) is 4.46. The van der Waals surface area contributed by atoms with E-state index < -0.39 is 0 Å². The van der Waals surface area contributed by atoms with E-state index in [1.165, 1.54) is 17.7 Å².